The number of amidine groups is 1. The SMILES string of the molecule is Cc1ccc(N2C(=O)/C(=C\c3ccc(Cl)c(Cl)c3)N=C2SCC(N)=O)cc1. The average molecular weight is 420 g/mol. The highest BCUT2D eigenvalue weighted by molar-refractivity contribution is 8.14. The van der Waals surface area contributed by atoms with Crippen molar-refractivity contribution < 1.29 is 9.59 Å². The molecule has 1 heterocycles. The second kappa shape index (κ2) is 8.17. The van der Waals surface area contributed by atoms with Crippen LogP contribution in [0.2, 0.25) is 10.0 Å². The summed E-state index contributed by atoms with van der Waals surface area (Å²) in [7, 11) is 0. The Kier molecular flexibility index (Phi) is 5.89. The molecule has 1 aliphatic rings. The molecule has 0 spiro atoms. The van der Waals surface area contributed by atoms with E-state index in [4.69, 9.17) is 28.9 Å². The van der Waals surface area contributed by atoms with E-state index in [1.54, 1.807) is 24.3 Å². The predicted molar refractivity (Wildman–Crippen MR) is 112 cm³/mol. The minimum absolute atomic E-state index is 0.0223. The van der Waals surface area contributed by atoms with Gasteiger partial charge in [0.1, 0.15) is 5.70 Å². The van der Waals surface area contributed by atoms with Crippen LogP contribution in [0.5, 0.6) is 0 Å². The van der Waals surface area contributed by atoms with Crippen molar-refractivity contribution in [1.82, 2.24) is 0 Å². The molecule has 27 heavy (non-hydrogen) atoms. The van der Waals surface area contributed by atoms with Crippen LogP contribution < -0.4 is 10.6 Å². The molecule has 0 atom stereocenters. The van der Waals surface area contributed by atoms with Gasteiger partial charge in [0.15, 0.2) is 5.17 Å². The second-order valence-corrected chi connectivity index (χ2v) is 7.59. The number of anilines is 1. The number of nitrogens with two attached hydrogens (primary N) is 1. The van der Waals surface area contributed by atoms with Gasteiger partial charge in [-0.15, -0.1) is 0 Å². The number of thioether (sulfide) groups is 1. The molecule has 0 aliphatic carbocycles. The Labute approximate surface area is 170 Å². The van der Waals surface area contributed by atoms with Gasteiger partial charge in [-0.1, -0.05) is 58.7 Å². The van der Waals surface area contributed by atoms with E-state index in [0.717, 1.165) is 17.3 Å². The third kappa shape index (κ3) is 4.53. The fourth-order valence-corrected chi connectivity index (χ4v) is 3.47. The van der Waals surface area contributed by atoms with Gasteiger partial charge in [-0.2, -0.15) is 0 Å². The molecule has 0 saturated heterocycles. The molecular weight excluding hydrogens is 405 g/mol. The number of aryl methyl sites for hydroxylation is 1. The van der Waals surface area contributed by atoms with E-state index >= 15 is 0 Å². The van der Waals surface area contributed by atoms with Crippen molar-refractivity contribution in [3.63, 3.8) is 0 Å². The van der Waals surface area contributed by atoms with Crippen molar-refractivity contribution in [2.75, 3.05) is 10.7 Å². The number of carbonyl (C=O) groups is 2. The molecule has 0 saturated carbocycles. The molecule has 2 aromatic rings. The van der Waals surface area contributed by atoms with Crippen LogP contribution in [0.1, 0.15) is 11.1 Å². The predicted octanol–water partition coefficient (Wildman–Crippen LogP) is 4.26. The molecule has 5 nitrogen and oxygen atoms in total. The Morgan fingerprint density at radius 2 is 1.89 bits per heavy atom. The largest absolute Gasteiger partial charge is 0.369 e. The fourth-order valence-electron chi connectivity index (χ4n) is 2.41. The highest BCUT2D eigenvalue weighted by Gasteiger charge is 2.32. The molecule has 8 heteroatoms. The molecule has 2 aromatic carbocycles. The summed E-state index contributed by atoms with van der Waals surface area (Å²) < 4.78 is 0. The fraction of sp³-hybridized carbons (Fsp3) is 0.105. The summed E-state index contributed by atoms with van der Waals surface area (Å²) in [6.45, 7) is 1.96. The summed E-state index contributed by atoms with van der Waals surface area (Å²) in [6, 6.07) is 12.5. The zero-order chi connectivity index (χ0) is 19.6. The molecule has 138 valence electrons. The van der Waals surface area contributed by atoms with E-state index in [2.05, 4.69) is 4.99 Å². The number of hydrogen-bond acceptors (Lipinski definition) is 4. The van der Waals surface area contributed by atoms with Crippen LogP contribution in [-0.2, 0) is 9.59 Å². The maximum Gasteiger partial charge on any atom is 0.283 e. The number of hydrogen-bond donors (Lipinski definition) is 1. The van der Waals surface area contributed by atoms with Gasteiger partial charge >= 0.3 is 0 Å². The summed E-state index contributed by atoms with van der Waals surface area (Å²) in [4.78, 5) is 30.0. The lowest BCUT2D eigenvalue weighted by molar-refractivity contribution is -0.115. The van der Waals surface area contributed by atoms with E-state index in [0.29, 0.717) is 26.5 Å². The number of benzene rings is 2. The van der Waals surface area contributed by atoms with Gasteiger partial charge in [-0.3, -0.25) is 14.5 Å². The number of aliphatic imine (C=N–C) groups is 1. The van der Waals surface area contributed by atoms with Crippen LogP contribution in [0.4, 0.5) is 5.69 Å². The molecule has 2 amide bonds. The standard InChI is InChI=1S/C19H15Cl2N3O2S/c1-11-2-5-13(6-3-11)24-18(26)16(23-19(24)27-10-17(22)25)9-12-4-7-14(20)15(21)8-12/h2-9H,10H2,1H3,(H2,22,25)/b16-9+. The summed E-state index contributed by atoms with van der Waals surface area (Å²) in [5.74, 6) is -0.757. The van der Waals surface area contributed by atoms with Crippen LogP contribution in [0, 0.1) is 6.92 Å². The lowest BCUT2D eigenvalue weighted by atomic mass is 10.2. The molecule has 0 bridgehead atoms. The van der Waals surface area contributed by atoms with Crippen LogP contribution in [0.25, 0.3) is 6.08 Å². The normalized spacial score (nSPS) is 15.4. The van der Waals surface area contributed by atoms with Gasteiger partial charge in [-0.05, 0) is 42.8 Å². The third-order valence-electron chi connectivity index (χ3n) is 3.71. The molecule has 3 rings (SSSR count). The number of carbonyl (C=O) groups excluding carboxylic acids is 2. The highest BCUT2D eigenvalue weighted by Crippen LogP contribution is 2.30. The van der Waals surface area contributed by atoms with Crippen LogP contribution in [0.15, 0.2) is 53.2 Å². The summed E-state index contributed by atoms with van der Waals surface area (Å²) in [5.41, 5.74) is 7.91. The lowest BCUT2D eigenvalue weighted by Gasteiger charge is -2.17. The number of halogens is 2. The third-order valence-corrected chi connectivity index (χ3v) is 5.41. The zero-order valence-corrected chi connectivity index (χ0v) is 16.6. The maximum absolute atomic E-state index is 13.0. The monoisotopic (exact) mass is 419 g/mol. The van der Waals surface area contributed by atoms with Crippen LogP contribution >= 0.6 is 35.0 Å². The van der Waals surface area contributed by atoms with Crippen molar-refractivity contribution in [3.8, 4) is 0 Å². The zero-order valence-electron chi connectivity index (χ0n) is 14.3. The van der Waals surface area contributed by atoms with E-state index in [-0.39, 0.29) is 17.4 Å². The molecular formula is C19H15Cl2N3O2S. The van der Waals surface area contributed by atoms with Crippen LogP contribution in [-0.4, -0.2) is 22.7 Å². The van der Waals surface area contributed by atoms with Crippen molar-refractivity contribution in [2.24, 2.45) is 10.7 Å². The van der Waals surface area contributed by atoms with Crippen LogP contribution in [0.3, 0.4) is 0 Å². The van der Waals surface area contributed by atoms with E-state index < -0.39 is 5.91 Å². The second-order valence-electron chi connectivity index (χ2n) is 5.83. The van der Waals surface area contributed by atoms with Crippen molar-refractivity contribution >= 4 is 63.7 Å². The lowest BCUT2D eigenvalue weighted by Crippen LogP contribution is -2.31. The maximum atomic E-state index is 13.0. The van der Waals surface area contributed by atoms with Gasteiger partial charge in [0, 0.05) is 0 Å². The van der Waals surface area contributed by atoms with Gasteiger partial charge < -0.3 is 5.73 Å². The first-order valence-corrected chi connectivity index (χ1v) is 9.67. The first-order valence-electron chi connectivity index (χ1n) is 7.93. The number of amides is 2. The van der Waals surface area contributed by atoms with E-state index in [1.807, 2.05) is 31.2 Å². The van der Waals surface area contributed by atoms with Gasteiger partial charge in [0.2, 0.25) is 5.91 Å². The Balaban J connectivity index is 1.98. The summed E-state index contributed by atoms with van der Waals surface area (Å²) >= 11 is 13.1. The van der Waals surface area contributed by atoms with E-state index in [1.165, 1.54) is 4.90 Å². The Bertz CT molecular complexity index is 971. The highest BCUT2D eigenvalue weighted by atomic mass is 35.5. The molecule has 0 fully saturated rings. The average Bonchev–Trinajstić information content (AvgIpc) is 2.93. The van der Waals surface area contributed by atoms with Crippen molar-refractivity contribution in [1.29, 1.82) is 0 Å². The minimum atomic E-state index is -0.485. The smallest absolute Gasteiger partial charge is 0.283 e. The van der Waals surface area contributed by atoms with Crippen molar-refractivity contribution in [3.05, 3.63) is 69.3 Å². The molecule has 2 N–H and O–H groups in total. The van der Waals surface area contributed by atoms with Gasteiger partial charge in [-0.25, -0.2) is 4.99 Å². The Hall–Kier alpha value is -2.28. The van der Waals surface area contributed by atoms with E-state index in [9.17, 15) is 9.59 Å². The molecule has 0 unspecified atom stereocenters. The first-order chi connectivity index (χ1) is 12.8. The number of nitrogens with zero attached hydrogens (tertiary/aromatic N) is 2. The molecule has 1 aliphatic heterocycles. The molecule has 0 aromatic heterocycles. The first kappa shape index (κ1) is 19.5. The number of rotatable bonds is 4. The quantitative estimate of drug-likeness (QED) is 0.751. The summed E-state index contributed by atoms with van der Waals surface area (Å²) in [6.07, 6.45) is 1.63. The molecule has 0 radical (unpaired) electrons. The topological polar surface area (TPSA) is 75.8 Å². The van der Waals surface area contributed by atoms with Crippen molar-refractivity contribution in [2.45, 2.75) is 6.92 Å². The minimum Gasteiger partial charge on any atom is -0.369 e. The van der Waals surface area contributed by atoms with Gasteiger partial charge in [0.25, 0.3) is 5.91 Å². The number of primary amides is 1. The van der Waals surface area contributed by atoms with Gasteiger partial charge in [0.05, 0.1) is 21.5 Å². The Morgan fingerprint density at radius 3 is 2.52 bits per heavy atom. The Morgan fingerprint density at radius 1 is 1.19 bits per heavy atom. The summed E-state index contributed by atoms with van der Waals surface area (Å²) in [5, 5.41) is 1.21.